The SMILES string of the molecule is Cc1ccc(S(=O)(=O)N(Cc2ccccc2C)C(=O)N2CCN(C(=O)c3ccco3)CC2)cc1. The molecule has 2 heterocycles. The Bertz CT molecular complexity index is 1260. The zero-order valence-corrected chi connectivity index (χ0v) is 20.0. The molecule has 1 saturated heterocycles. The van der Waals surface area contributed by atoms with Crippen LogP contribution >= 0.6 is 0 Å². The summed E-state index contributed by atoms with van der Waals surface area (Å²) in [6, 6.07) is 16.5. The number of benzene rings is 2. The molecule has 4 rings (SSSR count). The van der Waals surface area contributed by atoms with Gasteiger partial charge in [0.05, 0.1) is 17.7 Å². The van der Waals surface area contributed by atoms with Crippen LogP contribution in [-0.4, -0.2) is 60.6 Å². The van der Waals surface area contributed by atoms with E-state index in [-0.39, 0.29) is 49.3 Å². The molecule has 0 unspecified atom stereocenters. The minimum atomic E-state index is -4.10. The summed E-state index contributed by atoms with van der Waals surface area (Å²) in [6.07, 6.45) is 1.44. The van der Waals surface area contributed by atoms with Gasteiger partial charge < -0.3 is 14.2 Å². The minimum absolute atomic E-state index is 0.0617. The van der Waals surface area contributed by atoms with E-state index in [0.29, 0.717) is 0 Å². The fraction of sp³-hybridized carbons (Fsp3) is 0.280. The normalized spacial score (nSPS) is 14.2. The van der Waals surface area contributed by atoms with Crippen molar-refractivity contribution >= 4 is 22.0 Å². The van der Waals surface area contributed by atoms with Gasteiger partial charge in [0.2, 0.25) is 0 Å². The third-order valence-electron chi connectivity index (χ3n) is 5.97. The van der Waals surface area contributed by atoms with Crippen molar-refractivity contribution in [2.24, 2.45) is 0 Å². The molecule has 3 aromatic rings. The molecular weight excluding hydrogens is 454 g/mol. The Hall–Kier alpha value is -3.59. The number of hydrogen-bond donors (Lipinski definition) is 0. The van der Waals surface area contributed by atoms with E-state index < -0.39 is 16.1 Å². The fourth-order valence-corrected chi connectivity index (χ4v) is 5.21. The first-order chi connectivity index (χ1) is 16.3. The zero-order valence-electron chi connectivity index (χ0n) is 19.2. The average Bonchev–Trinajstić information content (AvgIpc) is 3.38. The first-order valence-electron chi connectivity index (χ1n) is 11.0. The molecule has 0 atom stereocenters. The topological polar surface area (TPSA) is 91.1 Å². The molecule has 34 heavy (non-hydrogen) atoms. The molecule has 1 aliphatic heterocycles. The zero-order chi connectivity index (χ0) is 24.3. The highest BCUT2D eigenvalue weighted by Crippen LogP contribution is 2.23. The summed E-state index contributed by atoms with van der Waals surface area (Å²) in [4.78, 5) is 29.2. The maximum Gasteiger partial charge on any atom is 0.334 e. The van der Waals surface area contributed by atoms with Gasteiger partial charge in [0.15, 0.2) is 5.76 Å². The third-order valence-corrected chi connectivity index (χ3v) is 7.70. The molecule has 0 N–H and O–H groups in total. The van der Waals surface area contributed by atoms with Crippen molar-refractivity contribution in [2.45, 2.75) is 25.3 Å². The van der Waals surface area contributed by atoms with Crippen LogP contribution in [-0.2, 0) is 16.6 Å². The van der Waals surface area contributed by atoms with Crippen molar-refractivity contribution in [3.8, 4) is 0 Å². The van der Waals surface area contributed by atoms with E-state index in [1.54, 1.807) is 29.2 Å². The van der Waals surface area contributed by atoms with Gasteiger partial charge in [0.25, 0.3) is 15.9 Å². The number of amides is 3. The number of carbonyl (C=O) groups is 2. The molecule has 178 valence electrons. The van der Waals surface area contributed by atoms with Gasteiger partial charge >= 0.3 is 6.03 Å². The predicted octanol–water partition coefficient (Wildman–Crippen LogP) is 3.67. The minimum Gasteiger partial charge on any atom is -0.459 e. The number of piperazine rings is 1. The summed E-state index contributed by atoms with van der Waals surface area (Å²) in [5.74, 6) is -0.0101. The third kappa shape index (κ3) is 4.84. The van der Waals surface area contributed by atoms with Crippen molar-refractivity contribution in [3.63, 3.8) is 0 Å². The molecule has 1 fully saturated rings. The highest BCUT2D eigenvalue weighted by atomic mass is 32.2. The number of urea groups is 1. The first-order valence-corrected chi connectivity index (χ1v) is 12.5. The Labute approximate surface area is 199 Å². The summed E-state index contributed by atoms with van der Waals surface area (Å²) in [5, 5.41) is 0. The maximum atomic E-state index is 13.6. The molecular formula is C25H27N3O5S. The fourth-order valence-electron chi connectivity index (χ4n) is 3.85. The molecule has 0 saturated carbocycles. The largest absolute Gasteiger partial charge is 0.459 e. The smallest absolute Gasteiger partial charge is 0.334 e. The number of hydrogen-bond acceptors (Lipinski definition) is 5. The van der Waals surface area contributed by atoms with Gasteiger partial charge in [-0.1, -0.05) is 42.0 Å². The van der Waals surface area contributed by atoms with Gasteiger partial charge in [-0.15, -0.1) is 0 Å². The second kappa shape index (κ2) is 9.72. The Morgan fingerprint density at radius 2 is 1.53 bits per heavy atom. The van der Waals surface area contributed by atoms with Gasteiger partial charge in [-0.25, -0.2) is 17.5 Å². The van der Waals surface area contributed by atoms with E-state index in [1.165, 1.54) is 23.3 Å². The Morgan fingerprint density at radius 3 is 2.15 bits per heavy atom. The maximum absolute atomic E-state index is 13.6. The van der Waals surface area contributed by atoms with Crippen molar-refractivity contribution < 1.29 is 22.4 Å². The first kappa shape index (κ1) is 23.6. The summed E-state index contributed by atoms with van der Waals surface area (Å²) >= 11 is 0. The predicted molar refractivity (Wildman–Crippen MR) is 127 cm³/mol. The molecule has 0 radical (unpaired) electrons. The van der Waals surface area contributed by atoms with Gasteiger partial charge in [-0.05, 0) is 49.2 Å². The van der Waals surface area contributed by atoms with Crippen molar-refractivity contribution in [2.75, 3.05) is 26.2 Å². The molecule has 2 aromatic carbocycles. The summed E-state index contributed by atoms with van der Waals surface area (Å²) in [5.41, 5.74) is 2.57. The number of aryl methyl sites for hydroxylation is 2. The Kier molecular flexibility index (Phi) is 6.74. The highest BCUT2D eigenvalue weighted by molar-refractivity contribution is 7.89. The van der Waals surface area contributed by atoms with Crippen LogP contribution in [0.15, 0.2) is 76.2 Å². The summed E-state index contributed by atoms with van der Waals surface area (Å²) in [6.45, 7) is 4.69. The lowest BCUT2D eigenvalue weighted by Crippen LogP contribution is -2.54. The van der Waals surface area contributed by atoms with E-state index in [1.807, 2.05) is 38.1 Å². The molecule has 1 aromatic heterocycles. The van der Waals surface area contributed by atoms with E-state index in [9.17, 15) is 18.0 Å². The average molecular weight is 482 g/mol. The second-order valence-corrected chi connectivity index (χ2v) is 10.2. The monoisotopic (exact) mass is 481 g/mol. The number of sulfonamides is 1. The number of carbonyl (C=O) groups excluding carboxylic acids is 2. The number of nitrogens with zero attached hydrogens (tertiary/aromatic N) is 3. The van der Waals surface area contributed by atoms with Crippen LogP contribution in [0.3, 0.4) is 0 Å². The Balaban J connectivity index is 1.57. The lowest BCUT2D eigenvalue weighted by molar-refractivity contribution is 0.0623. The highest BCUT2D eigenvalue weighted by Gasteiger charge is 2.35. The molecule has 0 bridgehead atoms. The molecule has 0 aliphatic carbocycles. The summed E-state index contributed by atoms with van der Waals surface area (Å²) in [7, 11) is -4.10. The van der Waals surface area contributed by atoms with E-state index in [4.69, 9.17) is 4.42 Å². The summed E-state index contributed by atoms with van der Waals surface area (Å²) < 4.78 is 33.3. The number of rotatable bonds is 5. The van der Waals surface area contributed by atoms with Crippen molar-refractivity contribution in [3.05, 3.63) is 89.4 Å². The van der Waals surface area contributed by atoms with Crippen LogP contribution in [0, 0.1) is 13.8 Å². The number of furan rings is 1. The van der Waals surface area contributed by atoms with Crippen LogP contribution in [0.25, 0.3) is 0 Å². The van der Waals surface area contributed by atoms with E-state index in [2.05, 4.69) is 0 Å². The van der Waals surface area contributed by atoms with Crippen LogP contribution < -0.4 is 0 Å². The quantitative estimate of drug-likeness (QED) is 0.555. The van der Waals surface area contributed by atoms with Crippen molar-refractivity contribution in [1.82, 2.24) is 14.1 Å². The Morgan fingerprint density at radius 1 is 0.882 bits per heavy atom. The van der Waals surface area contributed by atoms with Crippen LogP contribution in [0.4, 0.5) is 4.79 Å². The van der Waals surface area contributed by atoms with E-state index in [0.717, 1.165) is 21.0 Å². The van der Waals surface area contributed by atoms with Crippen LogP contribution in [0.1, 0.15) is 27.2 Å². The van der Waals surface area contributed by atoms with Gasteiger partial charge in [0.1, 0.15) is 0 Å². The molecule has 8 nitrogen and oxygen atoms in total. The standard InChI is InChI=1S/C25H27N3O5S/c1-19-9-11-22(12-10-19)34(31,32)28(18-21-7-4-3-6-20(21)2)25(30)27-15-13-26(14-16-27)24(29)23-8-5-17-33-23/h3-12,17H,13-16,18H2,1-2H3. The molecule has 1 aliphatic rings. The molecule has 3 amide bonds. The lowest BCUT2D eigenvalue weighted by atomic mass is 10.1. The molecule has 0 spiro atoms. The van der Waals surface area contributed by atoms with Gasteiger partial charge in [-0.3, -0.25) is 4.79 Å². The van der Waals surface area contributed by atoms with Gasteiger partial charge in [-0.2, -0.15) is 0 Å². The van der Waals surface area contributed by atoms with Crippen molar-refractivity contribution in [1.29, 1.82) is 0 Å². The van der Waals surface area contributed by atoms with Crippen LogP contribution in [0.5, 0.6) is 0 Å². The van der Waals surface area contributed by atoms with Crippen LogP contribution in [0.2, 0.25) is 0 Å². The van der Waals surface area contributed by atoms with E-state index >= 15 is 0 Å². The van der Waals surface area contributed by atoms with Gasteiger partial charge in [0, 0.05) is 26.2 Å². The second-order valence-electron chi connectivity index (χ2n) is 8.29. The lowest BCUT2D eigenvalue weighted by Gasteiger charge is -2.37. The molecule has 9 heteroatoms.